The number of primary amides is 1. The Kier molecular flexibility index (Phi) is 2.49. The highest BCUT2D eigenvalue weighted by atomic mass is 32.1. The van der Waals surface area contributed by atoms with Gasteiger partial charge in [-0.05, 0) is 25.0 Å². The normalized spacial score (nSPS) is 18.4. The van der Waals surface area contributed by atoms with Crippen molar-refractivity contribution in [2.45, 2.75) is 30.9 Å². The molecule has 0 saturated heterocycles. The Labute approximate surface area is 94.3 Å². The standard InChI is InChI=1S/C10H10F3NOS/c11-10(12,13)9(3-4-9)7-2-1-6(16-7)5-8(14)15/h1-2H,3-5H2,(H2,14,15). The predicted octanol–water partition coefficient (Wildman–Crippen LogP) is 2.37. The lowest BCUT2D eigenvalue weighted by molar-refractivity contribution is -0.159. The fourth-order valence-electron chi connectivity index (χ4n) is 1.70. The summed E-state index contributed by atoms with van der Waals surface area (Å²) in [6.45, 7) is 0. The van der Waals surface area contributed by atoms with Gasteiger partial charge in [-0.15, -0.1) is 11.3 Å². The zero-order chi connectivity index (χ0) is 12.0. The van der Waals surface area contributed by atoms with Crippen LogP contribution in [0.2, 0.25) is 0 Å². The molecule has 0 spiro atoms. The highest BCUT2D eigenvalue weighted by Gasteiger charge is 2.64. The van der Waals surface area contributed by atoms with E-state index < -0.39 is 17.5 Å². The van der Waals surface area contributed by atoms with Crippen LogP contribution < -0.4 is 5.73 Å². The van der Waals surface area contributed by atoms with E-state index in [2.05, 4.69) is 0 Å². The minimum Gasteiger partial charge on any atom is -0.369 e. The molecule has 1 heterocycles. The van der Waals surface area contributed by atoms with Crippen LogP contribution >= 0.6 is 11.3 Å². The zero-order valence-corrected chi connectivity index (χ0v) is 9.12. The molecule has 0 atom stereocenters. The molecular weight excluding hydrogens is 239 g/mol. The van der Waals surface area contributed by atoms with E-state index in [9.17, 15) is 18.0 Å². The molecule has 1 aromatic rings. The Balaban J connectivity index is 2.23. The second-order valence-corrected chi connectivity index (χ2v) is 5.16. The van der Waals surface area contributed by atoms with E-state index in [0.29, 0.717) is 9.75 Å². The fourth-order valence-corrected chi connectivity index (χ4v) is 2.98. The lowest BCUT2D eigenvalue weighted by atomic mass is 10.1. The summed E-state index contributed by atoms with van der Waals surface area (Å²) >= 11 is 1.04. The third-order valence-corrected chi connectivity index (χ3v) is 4.06. The molecular formula is C10H10F3NOS. The first-order valence-electron chi connectivity index (χ1n) is 4.79. The van der Waals surface area contributed by atoms with E-state index in [1.807, 2.05) is 0 Å². The quantitative estimate of drug-likeness (QED) is 0.878. The van der Waals surface area contributed by atoms with Crippen LogP contribution in [0.5, 0.6) is 0 Å². The third-order valence-electron chi connectivity index (χ3n) is 2.77. The zero-order valence-electron chi connectivity index (χ0n) is 8.30. The molecule has 0 aliphatic heterocycles. The Morgan fingerprint density at radius 3 is 2.50 bits per heavy atom. The molecule has 1 amide bonds. The maximum absolute atomic E-state index is 12.8. The minimum atomic E-state index is -4.19. The van der Waals surface area contributed by atoms with E-state index in [1.54, 1.807) is 6.07 Å². The Morgan fingerprint density at radius 1 is 1.44 bits per heavy atom. The number of rotatable bonds is 3. The van der Waals surface area contributed by atoms with Crippen LogP contribution in [0.1, 0.15) is 22.6 Å². The van der Waals surface area contributed by atoms with Crippen LogP contribution in [0.15, 0.2) is 12.1 Å². The highest BCUT2D eigenvalue weighted by Crippen LogP contribution is 2.60. The van der Waals surface area contributed by atoms with Crippen molar-refractivity contribution < 1.29 is 18.0 Å². The second-order valence-electron chi connectivity index (χ2n) is 3.99. The topological polar surface area (TPSA) is 43.1 Å². The molecule has 0 unspecified atom stereocenters. The summed E-state index contributed by atoms with van der Waals surface area (Å²) in [7, 11) is 0. The van der Waals surface area contributed by atoms with Gasteiger partial charge in [0.1, 0.15) is 5.41 Å². The summed E-state index contributed by atoms with van der Waals surface area (Å²) in [6, 6.07) is 3.01. The van der Waals surface area contributed by atoms with Gasteiger partial charge in [0.25, 0.3) is 0 Å². The van der Waals surface area contributed by atoms with Crippen LogP contribution in [-0.2, 0) is 16.6 Å². The van der Waals surface area contributed by atoms with Gasteiger partial charge in [-0.1, -0.05) is 0 Å². The van der Waals surface area contributed by atoms with Gasteiger partial charge in [0.05, 0.1) is 6.42 Å². The Hall–Kier alpha value is -1.04. The maximum atomic E-state index is 12.8. The molecule has 0 radical (unpaired) electrons. The summed E-state index contributed by atoms with van der Waals surface area (Å²) in [5, 5.41) is 0. The molecule has 16 heavy (non-hydrogen) atoms. The lowest BCUT2D eigenvalue weighted by Crippen LogP contribution is -2.27. The summed E-state index contributed by atoms with van der Waals surface area (Å²) in [5.74, 6) is -0.523. The van der Waals surface area contributed by atoms with E-state index in [4.69, 9.17) is 5.73 Å². The van der Waals surface area contributed by atoms with Gasteiger partial charge in [-0.2, -0.15) is 13.2 Å². The van der Waals surface area contributed by atoms with Crippen molar-refractivity contribution in [2.24, 2.45) is 5.73 Å². The van der Waals surface area contributed by atoms with Crippen molar-refractivity contribution in [1.29, 1.82) is 0 Å². The van der Waals surface area contributed by atoms with Gasteiger partial charge >= 0.3 is 6.18 Å². The highest BCUT2D eigenvalue weighted by molar-refractivity contribution is 7.12. The second kappa shape index (κ2) is 3.48. The number of carbonyl (C=O) groups is 1. The van der Waals surface area contributed by atoms with E-state index in [1.165, 1.54) is 6.07 Å². The van der Waals surface area contributed by atoms with Crippen LogP contribution in [0.25, 0.3) is 0 Å². The fraction of sp³-hybridized carbons (Fsp3) is 0.500. The lowest BCUT2D eigenvalue weighted by Gasteiger charge is -2.17. The number of carbonyl (C=O) groups excluding carboxylic acids is 1. The third kappa shape index (κ3) is 1.81. The molecule has 2 rings (SSSR count). The van der Waals surface area contributed by atoms with Crippen molar-refractivity contribution in [3.05, 3.63) is 21.9 Å². The van der Waals surface area contributed by atoms with Crippen molar-refractivity contribution >= 4 is 17.2 Å². The number of amides is 1. The first-order valence-corrected chi connectivity index (χ1v) is 5.61. The average Bonchev–Trinajstić information content (AvgIpc) is 2.82. The van der Waals surface area contributed by atoms with Gasteiger partial charge in [0, 0.05) is 9.75 Å². The number of halogens is 3. The molecule has 0 aromatic carbocycles. The SMILES string of the molecule is NC(=O)Cc1ccc(C2(C(F)(F)F)CC2)s1. The largest absolute Gasteiger partial charge is 0.399 e. The molecule has 2 nitrogen and oxygen atoms in total. The van der Waals surface area contributed by atoms with Crippen LogP contribution in [-0.4, -0.2) is 12.1 Å². The predicted molar refractivity (Wildman–Crippen MR) is 54.2 cm³/mol. The number of hydrogen-bond donors (Lipinski definition) is 1. The molecule has 88 valence electrons. The smallest absolute Gasteiger partial charge is 0.369 e. The average molecular weight is 249 g/mol. The minimum absolute atomic E-state index is 0.0125. The van der Waals surface area contributed by atoms with Crippen molar-refractivity contribution in [1.82, 2.24) is 0 Å². The number of thiophene rings is 1. The molecule has 1 aliphatic carbocycles. The molecule has 6 heteroatoms. The van der Waals surface area contributed by atoms with E-state index in [0.717, 1.165) is 11.3 Å². The van der Waals surface area contributed by atoms with Gasteiger partial charge in [-0.3, -0.25) is 4.79 Å². The molecule has 1 aliphatic rings. The van der Waals surface area contributed by atoms with Crippen molar-refractivity contribution in [2.75, 3.05) is 0 Å². The van der Waals surface area contributed by atoms with Crippen LogP contribution in [0, 0.1) is 0 Å². The van der Waals surface area contributed by atoms with Gasteiger partial charge in [0.2, 0.25) is 5.91 Å². The maximum Gasteiger partial charge on any atom is 0.399 e. The number of nitrogens with two attached hydrogens (primary N) is 1. The van der Waals surface area contributed by atoms with Gasteiger partial charge < -0.3 is 5.73 Å². The first kappa shape index (κ1) is 11.4. The number of hydrogen-bond acceptors (Lipinski definition) is 2. The molecule has 0 bridgehead atoms. The molecule has 1 saturated carbocycles. The van der Waals surface area contributed by atoms with Crippen molar-refractivity contribution in [3.8, 4) is 0 Å². The van der Waals surface area contributed by atoms with Gasteiger partial charge in [0.15, 0.2) is 0 Å². The number of alkyl halides is 3. The van der Waals surface area contributed by atoms with E-state index in [-0.39, 0.29) is 19.3 Å². The Morgan fingerprint density at radius 2 is 2.06 bits per heavy atom. The Bertz CT molecular complexity index is 420. The summed E-state index contributed by atoms with van der Waals surface area (Å²) < 4.78 is 38.3. The van der Waals surface area contributed by atoms with Gasteiger partial charge in [-0.25, -0.2) is 0 Å². The summed E-state index contributed by atoms with van der Waals surface area (Å²) in [4.78, 5) is 11.5. The molecule has 2 N–H and O–H groups in total. The first-order chi connectivity index (χ1) is 7.35. The summed E-state index contributed by atoms with van der Waals surface area (Å²) in [6.07, 6.45) is -3.89. The van der Waals surface area contributed by atoms with Crippen LogP contribution in [0.4, 0.5) is 13.2 Å². The molecule has 1 aromatic heterocycles. The van der Waals surface area contributed by atoms with Crippen LogP contribution in [0.3, 0.4) is 0 Å². The molecule has 1 fully saturated rings. The summed E-state index contributed by atoms with van der Waals surface area (Å²) in [5.41, 5.74) is 3.34. The monoisotopic (exact) mass is 249 g/mol. The van der Waals surface area contributed by atoms with E-state index >= 15 is 0 Å². The van der Waals surface area contributed by atoms with Crippen molar-refractivity contribution in [3.63, 3.8) is 0 Å².